The van der Waals surface area contributed by atoms with Crippen LogP contribution in [-0.4, -0.2) is 81.2 Å². The van der Waals surface area contributed by atoms with Crippen LogP contribution in [0.25, 0.3) is 0 Å². The van der Waals surface area contributed by atoms with Gasteiger partial charge in [0, 0.05) is 59.9 Å². The summed E-state index contributed by atoms with van der Waals surface area (Å²) < 4.78 is 55.0. The zero-order chi connectivity index (χ0) is 35.1. The number of hydrogen-bond donors (Lipinski definition) is 3. The van der Waals surface area contributed by atoms with Gasteiger partial charge >= 0.3 is 6.09 Å². The number of pyridine rings is 1. The summed E-state index contributed by atoms with van der Waals surface area (Å²) in [6.07, 6.45) is 3.23. The number of carbonyl (C=O) groups excluding carboxylic acids is 2. The minimum absolute atomic E-state index is 0.0395. The Morgan fingerprint density at radius 2 is 1.71 bits per heavy atom. The van der Waals surface area contributed by atoms with E-state index in [0.29, 0.717) is 49.2 Å². The Morgan fingerprint density at radius 1 is 1.06 bits per heavy atom. The van der Waals surface area contributed by atoms with Crippen LogP contribution in [0.5, 0.6) is 0 Å². The number of nitrogens with zero attached hydrogens (tertiary/aromatic N) is 2. The van der Waals surface area contributed by atoms with Crippen LogP contribution in [-0.2, 0) is 30.7 Å². The fourth-order valence-corrected chi connectivity index (χ4v) is 8.83. The third-order valence-electron chi connectivity index (χ3n) is 9.12. The molecule has 5 rings (SSSR count). The molecule has 0 aliphatic carbocycles. The van der Waals surface area contributed by atoms with Gasteiger partial charge in [-0.15, -0.1) is 0 Å². The van der Waals surface area contributed by atoms with Crippen LogP contribution in [0.4, 0.5) is 14.9 Å². The molecule has 264 valence electrons. The van der Waals surface area contributed by atoms with E-state index in [1.54, 1.807) is 12.1 Å². The molecule has 0 bridgehead atoms. The van der Waals surface area contributed by atoms with Gasteiger partial charge in [0.2, 0.25) is 15.9 Å². The summed E-state index contributed by atoms with van der Waals surface area (Å²) in [4.78, 5) is 30.9. The number of aromatic nitrogens is 1. The molecule has 2 saturated heterocycles. The van der Waals surface area contributed by atoms with E-state index in [1.807, 2.05) is 19.1 Å². The number of carbonyl (C=O) groups is 2. The molecule has 4 atom stereocenters. The van der Waals surface area contributed by atoms with Gasteiger partial charge in [0.1, 0.15) is 11.9 Å². The Labute approximate surface area is 295 Å². The molecule has 3 N–H and O–H groups in total. The fraction of sp³-hybridized carbons (Fsp3) is 0.441. The first-order valence-corrected chi connectivity index (χ1v) is 18.3. The van der Waals surface area contributed by atoms with E-state index in [1.165, 1.54) is 41.9 Å². The molecular formula is C34H40Cl2FN5O6S. The van der Waals surface area contributed by atoms with Crippen molar-refractivity contribution >= 4 is 50.9 Å². The largest absolute Gasteiger partial charge is 0.453 e. The molecule has 0 radical (unpaired) electrons. The third kappa shape index (κ3) is 8.89. The summed E-state index contributed by atoms with van der Waals surface area (Å²) >= 11 is 12.2. The fourth-order valence-electron chi connectivity index (χ4n) is 6.74. The van der Waals surface area contributed by atoms with Crippen LogP contribution >= 0.6 is 23.2 Å². The number of anilines is 1. The lowest BCUT2D eigenvalue weighted by Crippen LogP contribution is -2.58. The van der Waals surface area contributed by atoms with Crippen LogP contribution in [0, 0.1) is 11.7 Å². The highest BCUT2D eigenvalue weighted by Crippen LogP contribution is 2.36. The summed E-state index contributed by atoms with van der Waals surface area (Å²) in [5.41, 5.74) is 1.06. The zero-order valence-electron chi connectivity index (χ0n) is 27.2. The Bertz CT molecular complexity index is 1710. The molecule has 0 unspecified atom stereocenters. The van der Waals surface area contributed by atoms with Crippen molar-refractivity contribution in [2.75, 3.05) is 38.7 Å². The van der Waals surface area contributed by atoms with E-state index in [9.17, 15) is 18.0 Å². The van der Waals surface area contributed by atoms with Crippen molar-refractivity contribution in [3.05, 3.63) is 87.9 Å². The molecule has 2 amide bonds. The summed E-state index contributed by atoms with van der Waals surface area (Å²) in [5.74, 6) is -1.78. The number of methoxy groups -OCH3 is 1. The lowest BCUT2D eigenvalue weighted by Gasteiger charge is -2.40. The first-order chi connectivity index (χ1) is 23.5. The van der Waals surface area contributed by atoms with E-state index < -0.39 is 45.8 Å². The molecule has 2 fully saturated rings. The number of hydrogen-bond acceptors (Lipinski definition) is 8. The number of ether oxygens (including phenoxy) is 2. The molecule has 3 aromatic rings. The second kappa shape index (κ2) is 16.6. The van der Waals surface area contributed by atoms with Crippen molar-refractivity contribution in [1.29, 1.82) is 0 Å². The van der Waals surface area contributed by atoms with E-state index in [-0.39, 0.29) is 40.9 Å². The van der Waals surface area contributed by atoms with Gasteiger partial charge < -0.3 is 25.4 Å². The second-order valence-electron chi connectivity index (χ2n) is 12.3. The molecule has 2 aromatic carbocycles. The van der Waals surface area contributed by atoms with Crippen molar-refractivity contribution in [3.63, 3.8) is 0 Å². The number of alkyl carbamates (subject to hydrolysis) is 1. The second-order valence-corrected chi connectivity index (χ2v) is 15.0. The molecule has 2 aliphatic rings. The minimum atomic E-state index is -3.91. The molecule has 2 aliphatic heterocycles. The molecule has 0 saturated carbocycles. The topological polar surface area (TPSA) is 139 Å². The van der Waals surface area contributed by atoms with Crippen LogP contribution in [0.2, 0.25) is 10.0 Å². The van der Waals surface area contributed by atoms with Gasteiger partial charge in [-0.3, -0.25) is 9.78 Å². The Kier molecular flexibility index (Phi) is 12.5. The third-order valence-corrected chi connectivity index (χ3v) is 11.7. The highest BCUT2D eigenvalue weighted by molar-refractivity contribution is 7.89. The summed E-state index contributed by atoms with van der Waals surface area (Å²) in [7, 11) is -2.70. The van der Waals surface area contributed by atoms with Gasteiger partial charge in [-0.25, -0.2) is 17.6 Å². The monoisotopic (exact) mass is 735 g/mol. The van der Waals surface area contributed by atoms with E-state index in [2.05, 4.69) is 20.9 Å². The molecule has 3 heterocycles. The highest BCUT2D eigenvalue weighted by atomic mass is 35.5. The van der Waals surface area contributed by atoms with Crippen molar-refractivity contribution in [1.82, 2.24) is 19.9 Å². The maximum Gasteiger partial charge on any atom is 0.407 e. The number of nitrogens with one attached hydrogen (secondary N) is 3. The van der Waals surface area contributed by atoms with Crippen molar-refractivity contribution in [2.45, 2.75) is 61.5 Å². The van der Waals surface area contributed by atoms with Crippen molar-refractivity contribution in [3.8, 4) is 0 Å². The highest BCUT2D eigenvalue weighted by Gasteiger charge is 2.40. The van der Waals surface area contributed by atoms with Gasteiger partial charge in [0.05, 0.1) is 30.1 Å². The lowest BCUT2D eigenvalue weighted by atomic mass is 9.76. The molecular weight excluding hydrogens is 696 g/mol. The Balaban J connectivity index is 1.42. The molecule has 15 heteroatoms. The zero-order valence-corrected chi connectivity index (χ0v) is 29.5. The molecule has 49 heavy (non-hydrogen) atoms. The number of sulfonamides is 1. The quantitative estimate of drug-likeness (QED) is 0.239. The number of piperazine rings is 1. The van der Waals surface area contributed by atoms with Crippen LogP contribution in [0.15, 0.2) is 65.8 Å². The normalized spacial score (nSPS) is 20.3. The predicted octanol–water partition coefficient (Wildman–Crippen LogP) is 5.38. The first kappa shape index (κ1) is 36.9. The SMILES string of the molecule is COC(=O)N[C@H](C(=O)Nc1cncc(F)c1CC[C@H]1CNC[C@@H](C)N1S(=O)(=O)c1ccc(Cl)cc1)[C@@H](c1ccc(Cl)cc1)C1CCOCC1. The van der Waals surface area contributed by atoms with Gasteiger partial charge in [-0.05, 0) is 80.5 Å². The maximum atomic E-state index is 15.5. The van der Waals surface area contributed by atoms with Crippen molar-refractivity contribution in [2.24, 2.45) is 5.92 Å². The lowest BCUT2D eigenvalue weighted by molar-refractivity contribution is -0.119. The molecule has 0 spiro atoms. The Hall–Kier alpha value is -3.33. The Morgan fingerprint density at radius 3 is 2.37 bits per heavy atom. The van der Waals surface area contributed by atoms with E-state index in [0.717, 1.165) is 11.8 Å². The van der Waals surface area contributed by atoms with E-state index >= 15 is 4.39 Å². The maximum absolute atomic E-state index is 15.5. The number of benzene rings is 2. The van der Waals surface area contributed by atoms with Crippen LogP contribution in [0.3, 0.4) is 0 Å². The number of halogens is 3. The van der Waals surface area contributed by atoms with Crippen LogP contribution in [0.1, 0.15) is 43.2 Å². The molecule has 11 nitrogen and oxygen atoms in total. The molecule has 1 aromatic heterocycles. The summed E-state index contributed by atoms with van der Waals surface area (Å²) in [6.45, 7) is 3.61. The van der Waals surface area contributed by atoms with Gasteiger partial charge in [0.15, 0.2) is 0 Å². The summed E-state index contributed by atoms with van der Waals surface area (Å²) in [5, 5.41) is 9.75. The van der Waals surface area contributed by atoms with Crippen molar-refractivity contribution < 1.29 is 31.9 Å². The first-order valence-electron chi connectivity index (χ1n) is 16.1. The smallest absolute Gasteiger partial charge is 0.407 e. The minimum Gasteiger partial charge on any atom is -0.453 e. The average Bonchev–Trinajstić information content (AvgIpc) is 3.09. The predicted molar refractivity (Wildman–Crippen MR) is 185 cm³/mol. The standard InChI is InChI=1S/C34H40Cl2FN5O6S/c1-21-17-38-18-26(42(21)49(45,46)27-10-7-25(36)8-11-27)9-12-28-29(37)19-39-20-30(28)40-33(43)32(41-34(44)47-2)31(23-13-15-48-16-14-23)22-3-5-24(35)6-4-22/h3-8,10-11,19-21,23,26,31-32,38H,9,12-18H2,1-2H3,(H,40,43)(H,41,44)/t21-,26+,31+,32+/m1/s1. The van der Waals surface area contributed by atoms with Gasteiger partial charge in [0.25, 0.3) is 0 Å². The van der Waals surface area contributed by atoms with Gasteiger partial charge in [-0.2, -0.15) is 4.31 Å². The summed E-state index contributed by atoms with van der Waals surface area (Å²) in [6, 6.07) is 11.1. The number of amides is 2. The number of rotatable bonds is 11. The van der Waals surface area contributed by atoms with Gasteiger partial charge in [-0.1, -0.05) is 35.3 Å². The van der Waals surface area contributed by atoms with Crippen LogP contribution < -0.4 is 16.0 Å². The van der Waals surface area contributed by atoms with E-state index in [4.69, 9.17) is 32.7 Å². The average molecular weight is 737 g/mol.